The summed E-state index contributed by atoms with van der Waals surface area (Å²) in [6, 6.07) is 0. The van der Waals surface area contributed by atoms with Gasteiger partial charge in [-0.05, 0) is 6.92 Å². The molecule has 1 atom stereocenters. The molecule has 0 saturated heterocycles. The molecule has 0 fully saturated rings. The average molecular weight is 160 g/mol. The van der Waals surface area contributed by atoms with Crippen LogP contribution in [0.1, 0.15) is 13.8 Å². The molecule has 0 radical (unpaired) electrons. The lowest BCUT2D eigenvalue weighted by Crippen LogP contribution is -2.47. The van der Waals surface area contributed by atoms with Crippen LogP contribution in [0.5, 0.6) is 0 Å². The van der Waals surface area contributed by atoms with Gasteiger partial charge in [0.1, 0.15) is 19.2 Å². The summed E-state index contributed by atoms with van der Waals surface area (Å²) in [6.07, 6.45) is -0.343. The van der Waals surface area contributed by atoms with Gasteiger partial charge in [-0.25, -0.2) is 0 Å². The van der Waals surface area contributed by atoms with Crippen molar-refractivity contribution in [2.75, 3.05) is 27.2 Å². The van der Waals surface area contributed by atoms with Crippen molar-refractivity contribution < 1.29 is 14.4 Å². The quantitative estimate of drug-likeness (QED) is 0.589. The largest absolute Gasteiger partial charge is 0.388 e. The van der Waals surface area contributed by atoms with E-state index in [0.29, 0.717) is 17.6 Å². The third kappa shape index (κ3) is 6.01. The van der Waals surface area contributed by atoms with Crippen LogP contribution in [0.4, 0.5) is 0 Å². The zero-order valence-corrected chi connectivity index (χ0v) is 7.79. The number of aliphatic hydroxyl groups is 1. The van der Waals surface area contributed by atoms with Gasteiger partial charge in [-0.3, -0.25) is 4.79 Å². The van der Waals surface area contributed by atoms with Gasteiger partial charge < -0.3 is 9.59 Å². The summed E-state index contributed by atoms with van der Waals surface area (Å²) >= 11 is 0. The third-order valence-electron chi connectivity index (χ3n) is 1.41. The molecule has 3 heteroatoms. The smallest absolute Gasteiger partial charge is 0.183 e. The molecule has 0 rings (SSSR count). The van der Waals surface area contributed by atoms with E-state index in [1.807, 2.05) is 14.1 Å². The Labute approximate surface area is 68.2 Å². The molecule has 11 heavy (non-hydrogen) atoms. The van der Waals surface area contributed by atoms with Crippen LogP contribution in [0.15, 0.2) is 0 Å². The van der Waals surface area contributed by atoms with Crippen LogP contribution in [-0.4, -0.2) is 48.7 Å². The van der Waals surface area contributed by atoms with E-state index < -0.39 is 0 Å². The number of rotatable bonds is 4. The monoisotopic (exact) mass is 160 g/mol. The van der Waals surface area contributed by atoms with Crippen LogP contribution < -0.4 is 0 Å². The van der Waals surface area contributed by atoms with Crippen LogP contribution in [0.25, 0.3) is 0 Å². The standard InChI is InChI=1S/C8H18NO2/c1-7(10)5-9(3,4)6-8(2)11/h7,10H,5-6H2,1-4H3/q+1. The van der Waals surface area contributed by atoms with Crippen LogP contribution in [-0.2, 0) is 4.79 Å². The molecule has 0 aliphatic heterocycles. The van der Waals surface area contributed by atoms with Crippen molar-refractivity contribution in [3.05, 3.63) is 0 Å². The van der Waals surface area contributed by atoms with E-state index in [1.165, 1.54) is 0 Å². The highest BCUT2D eigenvalue weighted by atomic mass is 16.3. The third-order valence-corrected chi connectivity index (χ3v) is 1.41. The molecule has 0 aliphatic carbocycles. The first kappa shape index (κ1) is 10.6. The highest BCUT2D eigenvalue weighted by Crippen LogP contribution is 1.99. The first-order valence-electron chi connectivity index (χ1n) is 3.83. The maximum atomic E-state index is 10.7. The molecule has 1 N–H and O–H groups in total. The molecule has 0 spiro atoms. The van der Waals surface area contributed by atoms with Crippen molar-refractivity contribution in [1.82, 2.24) is 0 Å². The van der Waals surface area contributed by atoms with E-state index in [1.54, 1.807) is 13.8 Å². The molecule has 0 aromatic heterocycles. The Balaban J connectivity index is 3.89. The maximum absolute atomic E-state index is 10.7. The molecule has 66 valence electrons. The van der Waals surface area contributed by atoms with E-state index >= 15 is 0 Å². The van der Waals surface area contributed by atoms with Crippen molar-refractivity contribution >= 4 is 5.78 Å². The summed E-state index contributed by atoms with van der Waals surface area (Å²) in [5, 5.41) is 9.07. The fraction of sp³-hybridized carbons (Fsp3) is 0.875. The number of carbonyl (C=O) groups is 1. The first-order chi connectivity index (χ1) is 4.83. The van der Waals surface area contributed by atoms with Crippen LogP contribution in [0.3, 0.4) is 0 Å². The fourth-order valence-electron chi connectivity index (χ4n) is 1.38. The van der Waals surface area contributed by atoms with Gasteiger partial charge in [0, 0.05) is 6.92 Å². The number of hydrogen-bond acceptors (Lipinski definition) is 2. The van der Waals surface area contributed by atoms with Crippen LogP contribution >= 0.6 is 0 Å². The van der Waals surface area contributed by atoms with Gasteiger partial charge >= 0.3 is 0 Å². The maximum Gasteiger partial charge on any atom is 0.183 e. The van der Waals surface area contributed by atoms with Gasteiger partial charge in [-0.2, -0.15) is 0 Å². The Bertz CT molecular complexity index is 141. The van der Waals surface area contributed by atoms with E-state index in [0.717, 1.165) is 0 Å². The average Bonchev–Trinajstić information content (AvgIpc) is 1.53. The van der Waals surface area contributed by atoms with Crippen molar-refractivity contribution in [2.24, 2.45) is 0 Å². The van der Waals surface area contributed by atoms with E-state index in [2.05, 4.69) is 0 Å². The number of quaternary nitrogens is 1. The van der Waals surface area contributed by atoms with Crippen molar-refractivity contribution in [3.8, 4) is 0 Å². The summed E-state index contributed by atoms with van der Waals surface area (Å²) < 4.78 is 0.562. The molecule has 0 heterocycles. The van der Waals surface area contributed by atoms with Crippen molar-refractivity contribution in [3.63, 3.8) is 0 Å². The minimum Gasteiger partial charge on any atom is -0.388 e. The van der Waals surface area contributed by atoms with Crippen molar-refractivity contribution in [2.45, 2.75) is 20.0 Å². The van der Waals surface area contributed by atoms with Gasteiger partial charge in [0.2, 0.25) is 0 Å². The summed E-state index contributed by atoms with van der Waals surface area (Å²) in [7, 11) is 3.88. The number of carbonyl (C=O) groups excluding carboxylic acids is 1. The first-order valence-corrected chi connectivity index (χ1v) is 3.83. The predicted octanol–water partition coefficient (Wildman–Crippen LogP) is 0.0326. The molecule has 0 bridgehead atoms. The topological polar surface area (TPSA) is 37.3 Å². The number of Topliss-reactive ketones (excluding diaryl/α,β-unsaturated/α-hetero) is 1. The number of aliphatic hydroxyl groups excluding tert-OH is 1. The number of nitrogens with zero attached hydrogens (tertiary/aromatic N) is 1. The van der Waals surface area contributed by atoms with Crippen LogP contribution in [0, 0.1) is 0 Å². The van der Waals surface area contributed by atoms with Crippen molar-refractivity contribution in [1.29, 1.82) is 0 Å². The molecular formula is C8H18NO2+. The molecule has 0 aliphatic rings. The second-order valence-electron chi connectivity index (χ2n) is 3.83. The molecule has 0 aromatic rings. The zero-order chi connectivity index (χ0) is 9.07. The van der Waals surface area contributed by atoms with Gasteiger partial charge in [-0.15, -0.1) is 0 Å². The SMILES string of the molecule is CC(=O)C[N+](C)(C)CC(C)O. The lowest BCUT2D eigenvalue weighted by molar-refractivity contribution is -0.885. The molecule has 1 unspecified atom stereocenters. The Kier molecular flexibility index (Phi) is 3.69. The minimum atomic E-state index is -0.343. The Morgan fingerprint density at radius 3 is 2.27 bits per heavy atom. The normalized spacial score (nSPS) is 14.6. The minimum absolute atomic E-state index is 0.163. The lowest BCUT2D eigenvalue weighted by atomic mass is 10.3. The van der Waals surface area contributed by atoms with E-state index in [4.69, 9.17) is 5.11 Å². The summed E-state index contributed by atoms with van der Waals surface area (Å²) in [4.78, 5) is 10.7. The molecule has 0 amide bonds. The lowest BCUT2D eigenvalue weighted by Gasteiger charge is -2.29. The van der Waals surface area contributed by atoms with E-state index in [-0.39, 0.29) is 11.9 Å². The highest BCUT2D eigenvalue weighted by molar-refractivity contribution is 5.76. The molecule has 0 aromatic carbocycles. The van der Waals surface area contributed by atoms with Gasteiger partial charge in [0.15, 0.2) is 5.78 Å². The predicted molar refractivity (Wildman–Crippen MR) is 44.2 cm³/mol. The highest BCUT2D eigenvalue weighted by Gasteiger charge is 2.19. The van der Waals surface area contributed by atoms with E-state index in [9.17, 15) is 4.79 Å². The number of ketones is 1. The summed E-state index contributed by atoms with van der Waals surface area (Å²) in [5.74, 6) is 0.163. The number of hydrogen-bond donors (Lipinski definition) is 1. The molecular weight excluding hydrogens is 142 g/mol. The Morgan fingerprint density at radius 2 is 2.00 bits per heavy atom. The molecule has 0 saturated carbocycles. The van der Waals surface area contributed by atoms with Crippen LogP contribution in [0.2, 0.25) is 0 Å². The Hall–Kier alpha value is -0.410. The van der Waals surface area contributed by atoms with Gasteiger partial charge in [0.05, 0.1) is 14.1 Å². The number of likely N-dealkylation sites (N-methyl/N-ethyl adjacent to an activating group) is 1. The molecule has 3 nitrogen and oxygen atoms in total. The second-order valence-corrected chi connectivity index (χ2v) is 3.83. The zero-order valence-electron chi connectivity index (χ0n) is 7.79. The van der Waals surface area contributed by atoms with Gasteiger partial charge in [0.25, 0.3) is 0 Å². The summed E-state index contributed by atoms with van der Waals surface area (Å²) in [6.45, 7) is 4.42. The Morgan fingerprint density at radius 1 is 1.55 bits per heavy atom. The second kappa shape index (κ2) is 3.83. The summed E-state index contributed by atoms with van der Waals surface area (Å²) in [5.41, 5.74) is 0. The van der Waals surface area contributed by atoms with Gasteiger partial charge in [-0.1, -0.05) is 0 Å². The fourth-order valence-corrected chi connectivity index (χ4v) is 1.38.